The topological polar surface area (TPSA) is 65.3 Å². The molecule has 0 heterocycles. The standard InChI is InChI=1S/C14H20N2O2/c1-2-8-16-13(10-15)7-9-18-14-5-3-12(11-17)4-6-14/h3-6,13,16-17H,2,7-9,11H2,1H3. The summed E-state index contributed by atoms with van der Waals surface area (Å²) in [5.74, 6) is 0.763. The highest BCUT2D eigenvalue weighted by atomic mass is 16.5. The molecule has 0 fully saturated rings. The van der Waals surface area contributed by atoms with Crippen LogP contribution < -0.4 is 10.1 Å². The number of rotatable bonds is 8. The Labute approximate surface area is 108 Å². The van der Waals surface area contributed by atoms with Crippen molar-refractivity contribution in [2.24, 2.45) is 0 Å². The van der Waals surface area contributed by atoms with Crippen LogP contribution in [0.5, 0.6) is 5.75 Å². The molecule has 0 aromatic heterocycles. The molecular formula is C14H20N2O2. The van der Waals surface area contributed by atoms with Crippen molar-refractivity contribution in [3.05, 3.63) is 29.8 Å². The summed E-state index contributed by atoms with van der Waals surface area (Å²) in [5, 5.41) is 21.0. The van der Waals surface area contributed by atoms with Crippen LogP contribution in [-0.2, 0) is 6.61 Å². The van der Waals surface area contributed by atoms with Gasteiger partial charge in [-0.3, -0.25) is 0 Å². The maximum atomic E-state index is 8.92. The molecule has 1 atom stereocenters. The van der Waals surface area contributed by atoms with Gasteiger partial charge in [0, 0.05) is 6.42 Å². The fourth-order valence-electron chi connectivity index (χ4n) is 1.52. The van der Waals surface area contributed by atoms with Crippen molar-refractivity contribution < 1.29 is 9.84 Å². The van der Waals surface area contributed by atoms with Gasteiger partial charge in [-0.2, -0.15) is 5.26 Å². The number of nitriles is 1. The van der Waals surface area contributed by atoms with Crippen LogP contribution in [0.25, 0.3) is 0 Å². The van der Waals surface area contributed by atoms with E-state index in [0.717, 1.165) is 24.3 Å². The zero-order valence-electron chi connectivity index (χ0n) is 10.7. The van der Waals surface area contributed by atoms with E-state index in [1.807, 2.05) is 24.3 Å². The van der Waals surface area contributed by atoms with Gasteiger partial charge in [-0.15, -0.1) is 0 Å². The van der Waals surface area contributed by atoms with Gasteiger partial charge < -0.3 is 15.2 Å². The van der Waals surface area contributed by atoms with Crippen molar-refractivity contribution in [3.63, 3.8) is 0 Å². The number of aliphatic hydroxyl groups is 1. The lowest BCUT2D eigenvalue weighted by atomic mass is 10.2. The highest BCUT2D eigenvalue weighted by molar-refractivity contribution is 5.26. The van der Waals surface area contributed by atoms with Crippen LogP contribution in [0.1, 0.15) is 25.3 Å². The van der Waals surface area contributed by atoms with Gasteiger partial charge in [0.1, 0.15) is 5.75 Å². The molecule has 0 aliphatic rings. The van der Waals surface area contributed by atoms with E-state index in [0.29, 0.717) is 13.0 Å². The fraction of sp³-hybridized carbons (Fsp3) is 0.500. The molecule has 0 radical (unpaired) electrons. The molecule has 0 amide bonds. The number of nitrogens with one attached hydrogen (secondary N) is 1. The summed E-state index contributed by atoms with van der Waals surface area (Å²) in [7, 11) is 0. The van der Waals surface area contributed by atoms with Crippen LogP contribution >= 0.6 is 0 Å². The lowest BCUT2D eigenvalue weighted by Crippen LogP contribution is -2.29. The second kappa shape index (κ2) is 8.51. The first-order valence-electron chi connectivity index (χ1n) is 6.25. The summed E-state index contributed by atoms with van der Waals surface area (Å²) in [6, 6.07) is 9.37. The van der Waals surface area contributed by atoms with Gasteiger partial charge in [0.2, 0.25) is 0 Å². The van der Waals surface area contributed by atoms with Gasteiger partial charge in [0.25, 0.3) is 0 Å². The quantitative estimate of drug-likeness (QED) is 0.736. The Morgan fingerprint density at radius 1 is 1.39 bits per heavy atom. The van der Waals surface area contributed by atoms with E-state index >= 15 is 0 Å². The molecule has 0 bridgehead atoms. The summed E-state index contributed by atoms with van der Waals surface area (Å²) < 4.78 is 5.55. The van der Waals surface area contributed by atoms with Crippen LogP contribution in [0.15, 0.2) is 24.3 Å². The van der Waals surface area contributed by atoms with E-state index in [-0.39, 0.29) is 12.6 Å². The lowest BCUT2D eigenvalue weighted by molar-refractivity contribution is 0.280. The normalized spacial score (nSPS) is 11.8. The third kappa shape index (κ3) is 5.17. The van der Waals surface area contributed by atoms with Gasteiger partial charge in [-0.05, 0) is 30.7 Å². The van der Waals surface area contributed by atoms with Crippen molar-refractivity contribution in [2.75, 3.05) is 13.2 Å². The summed E-state index contributed by atoms with van der Waals surface area (Å²) in [5.41, 5.74) is 0.863. The van der Waals surface area contributed by atoms with Gasteiger partial charge in [0.15, 0.2) is 0 Å². The zero-order valence-corrected chi connectivity index (χ0v) is 10.7. The Hall–Kier alpha value is -1.57. The van der Waals surface area contributed by atoms with Crippen LogP contribution in [-0.4, -0.2) is 24.3 Å². The summed E-state index contributed by atoms with van der Waals surface area (Å²) in [6.45, 7) is 3.47. The highest BCUT2D eigenvalue weighted by Crippen LogP contribution is 2.12. The van der Waals surface area contributed by atoms with Crippen molar-refractivity contribution in [3.8, 4) is 11.8 Å². The molecule has 4 heteroatoms. The van der Waals surface area contributed by atoms with Crippen LogP contribution in [0.2, 0.25) is 0 Å². The molecule has 1 aromatic carbocycles. The largest absolute Gasteiger partial charge is 0.493 e. The van der Waals surface area contributed by atoms with E-state index in [2.05, 4.69) is 18.3 Å². The zero-order chi connectivity index (χ0) is 13.2. The molecule has 1 aromatic rings. The van der Waals surface area contributed by atoms with Gasteiger partial charge in [0.05, 0.1) is 25.3 Å². The van der Waals surface area contributed by atoms with E-state index in [1.54, 1.807) is 0 Å². The number of ether oxygens (including phenoxy) is 1. The number of aliphatic hydroxyl groups excluding tert-OH is 1. The molecule has 2 N–H and O–H groups in total. The van der Waals surface area contributed by atoms with E-state index < -0.39 is 0 Å². The molecule has 18 heavy (non-hydrogen) atoms. The Bertz CT molecular complexity index is 370. The molecule has 1 rings (SSSR count). The van der Waals surface area contributed by atoms with E-state index in [1.165, 1.54) is 0 Å². The molecule has 4 nitrogen and oxygen atoms in total. The van der Waals surface area contributed by atoms with Gasteiger partial charge in [-0.1, -0.05) is 19.1 Å². The van der Waals surface area contributed by atoms with Crippen molar-refractivity contribution >= 4 is 0 Å². The molecule has 0 spiro atoms. The SMILES string of the molecule is CCCNC(C#N)CCOc1ccc(CO)cc1. The number of hydrogen-bond donors (Lipinski definition) is 2. The Morgan fingerprint density at radius 2 is 2.11 bits per heavy atom. The van der Waals surface area contributed by atoms with E-state index in [9.17, 15) is 0 Å². The minimum Gasteiger partial charge on any atom is -0.493 e. The fourth-order valence-corrected chi connectivity index (χ4v) is 1.52. The number of nitrogens with zero attached hydrogens (tertiary/aromatic N) is 1. The second-order valence-electron chi connectivity index (χ2n) is 4.08. The first-order valence-corrected chi connectivity index (χ1v) is 6.25. The Balaban J connectivity index is 2.29. The summed E-state index contributed by atoms with van der Waals surface area (Å²) in [6.07, 6.45) is 1.68. The molecule has 0 aliphatic heterocycles. The van der Waals surface area contributed by atoms with Crippen LogP contribution in [0, 0.1) is 11.3 Å². The number of benzene rings is 1. The van der Waals surface area contributed by atoms with Gasteiger partial charge in [-0.25, -0.2) is 0 Å². The van der Waals surface area contributed by atoms with Crippen molar-refractivity contribution in [1.82, 2.24) is 5.32 Å². The summed E-state index contributed by atoms with van der Waals surface area (Å²) >= 11 is 0. The average molecular weight is 248 g/mol. The predicted octanol–water partition coefficient (Wildman–Crippen LogP) is 1.84. The van der Waals surface area contributed by atoms with Gasteiger partial charge >= 0.3 is 0 Å². The van der Waals surface area contributed by atoms with Crippen molar-refractivity contribution in [1.29, 1.82) is 5.26 Å². The first-order chi connectivity index (χ1) is 8.80. The second-order valence-corrected chi connectivity index (χ2v) is 4.08. The maximum absolute atomic E-state index is 8.92. The Morgan fingerprint density at radius 3 is 2.67 bits per heavy atom. The summed E-state index contributed by atoms with van der Waals surface area (Å²) in [4.78, 5) is 0. The molecular weight excluding hydrogens is 228 g/mol. The average Bonchev–Trinajstić information content (AvgIpc) is 2.43. The van der Waals surface area contributed by atoms with Crippen LogP contribution in [0.4, 0.5) is 0 Å². The highest BCUT2D eigenvalue weighted by Gasteiger charge is 2.05. The maximum Gasteiger partial charge on any atom is 0.119 e. The van der Waals surface area contributed by atoms with E-state index in [4.69, 9.17) is 15.1 Å². The molecule has 98 valence electrons. The molecule has 1 unspecified atom stereocenters. The van der Waals surface area contributed by atoms with Crippen LogP contribution in [0.3, 0.4) is 0 Å². The Kier molecular flexibility index (Phi) is 6.85. The monoisotopic (exact) mass is 248 g/mol. The lowest BCUT2D eigenvalue weighted by Gasteiger charge is -2.11. The molecule has 0 saturated carbocycles. The third-order valence-electron chi connectivity index (χ3n) is 2.58. The van der Waals surface area contributed by atoms with Crippen molar-refractivity contribution in [2.45, 2.75) is 32.4 Å². The number of hydrogen-bond acceptors (Lipinski definition) is 4. The minimum absolute atomic E-state index is 0.0394. The first kappa shape index (κ1) is 14.5. The minimum atomic E-state index is -0.151. The predicted molar refractivity (Wildman–Crippen MR) is 70.2 cm³/mol. The molecule has 0 saturated heterocycles. The smallest absolute Gasteiger partial charge is 0.119 e. The molecule has 0 aliphatic carbocycles. The third-order valence-corrected chi connectivity index (χ3v) is 2.58.